The molecule has 2 N–H and O–H groups in total. The average Bonchev–Trinajstić information content (AvgIpc) is 2.98. The molecule has 6 heteroatoms. The zero-order valence-electron chi connectivity index (χ0n) is 12.6. The van der Waals surface area contributed by atoms with Crippen molar-refractivity contribution in [3.05, 3.63) is 28.8 Å². The summed E-state index contributed by atoms with van der Waals surface area (Å²) in [5.74, 6) is 1.03. The highest BCUT2D eigenvalue weighted by Crippen LogP contribution is 2.30. The van der Waals surface area contributed by atoms with Crippen LogP contribution in [0.1, 0.15) is 56.6 Å². The Morgan fingerprint density at radius 1 is 1.40 bits per heavy atom. The molecule has 2 heterocycles. The molecule has 0 aromatic carbocycles. The first-order valence-corrected chi connectivity index (χ1v) is 7.79. The Labute approximate surface area is 124 Å². The third-order valence-corrected chi connectivity index (χ3v) is 4.09. The van der Waals surface area contributed by atoms with Gasteiger partial charge in [-0.05, 0) is 18.0 Å². The minimum atomic E-state index is -0.0952. The highest BCUT2D eigenvalue weighted by Gasteiger charge is 2.26. The number of aryl methyl sites for hydroxylation is 1. The number of hydrogen-bond donors (Lipinski definition) is 1. The van der Waals surface area contributed by atoms with Crippen molar-refractivity contribution in [2.24, 2.45) is 5.73 Å². The molecule has 2 aromatic heterocycles. The van der Waals surface area contributed by atoms with Gasteiger partial charge in [-0.25, -0.2) is 4.98 Å². The molecule has 110 valence electrons. The van der Waals surface area contributed by atoms with Crippen LogP contribution in [-0.4, -0.2) is 19.1 Å². The van der Waals surface area contributed by atoms with Gasteiger partial charge in [-0.1, -0.05) is 32.2 Å². The topological polar surface area (TPSA) is 69.6 Å². The smallest absolute Gasteiger partial charge is 0.110 e. The molecule has 2 aromatic rings. The van der Waals surface area contributed by atoms with Crippen LogP contribution >= 0.6 is 11.5 Å². The summed E-state index contributed by atoms with van der Waals surface area (Å²) in [5.41, 5.74) is 7.34. The second-order valence-electron chi connectivity index (χ2n) is 6.08. The van der Waals surface area contributed by atoms with Gasteiger partial charge in [0.05, 0.1) is 10.6 Å². The summed E-state index contributed by atoms with van der Waals surface area (Å²) in [7, 11) is 0. The first kappa shape index (κ1) is 15.1. The molecule has 0 aliphatic heterocycles. The molecule has 0 radical (unpaired) electrons. The van der Waals surface area contributed by atoms with E-state index >= 15 is 0 Å². The van der Waals surface area contributed by atoms with Crippen LogP contribution in [0.4, 0.5) is 0 Å². The molecule has 20 heavy (non-hydrogen) atoms. The second-order valence-corrected chi connectivity index (χ2v) is 6.87. The Kier molecular flexibility index (Phi) is 4.55. The van der Waals surface area contributed by atoms with Gasteiger partial charge in [0.15, 0.2) is 0 Å². The van der Waals surface area contributed by atoms with Crippen LogP contribution in [-0.2, 0) is 18.4 Å². The molecule has 0 bridgehead atoms. The van der Waals surface area contributed by atoms with E-state index in [-0.39, 0.29) is 11.5 Å². The van der Waals surface area contributed by atoms with Crippen molar-refractivity contribution in [3.8, 4) is 0 Å². The molecule has 0 aliphatic carbocycles. The quantitative estimate of drug-likeness (QED) is 0.920. The number of hydrogen-bond acceptors (Lipinski definition) is 5. The van der Waals surface area contributed by atoms with E-state index in [1.165, 1.54) is 11.5 Å². The first-order chi connectivity index (χ1) is 9.43. The summed E-state index contributed by atoms with van der Waals surface area (Å²) < 4.78 is 6.25. The summed E-state index contributed by atoms with van der Waals surface area (Å²) in [5, 5.41) is 4.26. The maximum Gasteiger partial charge on any atom is 0.110 e. The molecule has 0 aliphatic rings. The van der Waals surface area contributed by atoms with Gasteiger partial charge in [-0.15, -0.1) is 5.10 Å². The zero-order chi connectivity index (χ0) is 14.8. The van der Waals surface area contributed by atoms with Crippen LogP contribution in [0.5, 0.6) is 0 Å². The maximum absolute atomic E-state index is 6.37. The fourth-order valence-electron chi connectivity index (χ4n) is 2.22. The number of rotatable bonds is 5. The van der Waals surface area contributed by atoms with Crippen molar-refractivity contribution in [3.63, 3.8) is 0 Å². The molecule has 0 amide bonds. The molecular weight excluding hydrogens is 270 g/mol. The number of imidazole rings is 1. The van der Waals surface area contributed by atoms with E-state index < -0.39 is 0 Å². The fourth-order valence-corrected chi connectivity index (χ4v) is 3.09. The molecule has 1 unspecified atom stereocenters. The summed E-state index contributed by atoms with van der Waals surface area (Å²) in [4.78, 5) is 5.50. The zero-order valence-corrected chi connectivity index (χ0v) is 13.4. The minimum absolute atomic E-state index is 0.0290. The normalized spacial score (nSPS) is 13.7. The highest BCUT2D eigenvalue weighted by molar-refractivity contribution is 7.05. The van der Waals surface area contributed by atoms with E-state index in [0.717, 1.165) is 35.8 Å². The van der Waals surface area contributed by atoms with Gasteiger partial charge in [0.25, 0.3) is 0 Å². The van der Waals surface area contributed by atoms with E-state index in [0.29, 0.717) is 0 Å². The second kappa shape index (κ2) is 6.01. The largest absolute Gasteiger partial charge is 0.335 e. The predicted octanol–water partition coefficient (Wildman–Crippen LogP) is 2.68. The van der Waals surface area contributed by atoms with E-state index in [1.807, 2.05) is 12.4 Å². The Morgan fingerprint density at radius 3 is 2.80 bits per heavy atom. The lowest BCUT2D eigenvalue weighted by Gasteiger charge is -2.19. The van der Waals surface area contributed by atoms with Crippen molar-refractivity contribution in [2.75, 3.05) is 0 Å². The van der Waals surface area contributed by atoms with Crippen LogP contribution in [0.15, 0.2) is 12.4 Å². The van der Waals surface area contributed by atoms with Gasteiger partial charge in [0.1, 0.15) is 5.82 Å². The number of nitrogens with zero attached hydrogens (tertiary/aromatic N) is 4. The van der Waals surface area contributed by atoms with E-state index in [2.05, 4.69) is 46.8 Å². The van der Waals surface area contributed by atoms with Gasteiger partial charge in [-0.3, -0.25) is 0 Å². The van der Waals surface area contributed by atoms with Crippen molar-refractivity contribution in [2.45, 2.75) is 58.5 Å². The lowest BCUT2D eigenvalue weighted by atomic mass is 9.89. The summed E-state index contributed by atoms with van der Waals surface area (Å²) >= 11 is 1.40. The predicted molar refractivity (Wildman–Crippen MR) is 81.8 cm³/mol. The van der Waals surface area contributed by atoms with Crippen LogP contribution in [0.25, 0.3) is 0 Å². The molecule has 0 spiro atoms. The maximum atomic E-state index is 6.37. The van der Waals surface area contributed by atoms with Gasteiger partial charge in [0.2, 0.25) is 0 Å². The molecule has 0 saturated carbocycles. The monoisotopic (exact) mass is 293 g/mol. The van der Waals surface area contributed by atoms with Gasteiger partial charge >= 0.3 is 0 Å². The fraction of sp³-hybridized carbons (Fsp3) is 0.643. The third kappa shape index (κ3) is 3.24. The molecule has 0 saturated heterocycles. The van der Waals surface area contributed by atoms with Crippen LogP contribution in [0.2, 0.25) is 0 Å². The van der Waals surface area contributed by atoms with E-state index in [1.54, 1.807) is 0 Å². The van der Waals surface area contributed by atoms with Crippen molar-refractivity contribution in [1.82, 2.24) is 19.1 Å². The van der Waals surface area contributed by atoms with Crippen LogP contribution in [0, 0.1) is 0 Å². The lowest BCUT2D eigenvalue weighted by Crippen LogP contribution is -2.21. The van der Waals surface area contributed by atoms with Crippen molar-refractivity contribution in [1.29, 1.82) is 0 Å². The molecule has 2 rings (SSSR count). The molecule has 1 atom stereocenters. The standard InChI is InChI=1S/C14H23N5S/c1-5-7-19-8-6-16-11(19)9-10(15)12-13(14(2,3)4)17-18-20-12/h6,8,10H,5,7,9,15H2,1-4H3. The third-order valence-electron chi connectivity index (χ3n) is 3.23. The SMILES string of the molecule is CCCn1ccnc1CC(N)c1snnc1C(C)(C)C. The molecular formula is C14H23N5S. The van der Waals surface area contributed by atoms with Crippen LogP contribution < -0.4 is 5.73 Å². The molecule has 5 nitrogen and oxygen atoms in total. The minimum Gasteiger partial charge on any atom is -0.335 e. The highest BCUT2D eigenvalue weighted by atomic mass is 32.1. The molecule has 0 fully saturated rings. The first-order valence-electron chi connectivity index (χ1n) is 7.01. The lowest BCUT2D eigenvalue weighted by molar-refractivity contribution is 0.543. The Morgan fingerprint density at radius 2 is 2.15 bits per heavy atom. The summed E-state index contributed by atoms with van der Waals surface area (Å²) in [6.45, 7) is 9.55. The van der Waals surface area contributed by atoms with Gasteiger partial charge < -0.3 is 10.3 Å². The Balaban J connectivity index is 2.18. The Bertz CT molecular complexity index is 552. The van der Waals surface area contributed by atoms with Gasteiger partial charge in [-0.2, -0.15) is 0 Å². The van der Waals surface area contributed by atoms with Gasteiger partial charge in [0, 0.05) is 36.8 Å². The van der Waals surface area contributed by atoms with E-state index in [9.17, 15) is 0 Å². The van der Waals surface area contributed by atoms with Crippen molar-refractivity contribution >= 4 is 11.5 Å². The van der Waals surface area contributed by atoms with E-state index in [4.69, 9.17) is 5.73 Å². The summed E-state index contributed by atoms with van der Waals surface area (Å²) in [6.07, 6.45) is 5.67. The van der Waals surface area contributed by atoms with Crippen LogP contribution in [0.3, 0.4) is 0 Å². The number of aromatic nitrogens is 4. The number of nitrogens with two attached hydrogens (primary N) is 1. The summed E-state index contributed by atoms with van der Waals surface area (Å²) in [6, 6.07) is -0.0952. The van der Waals surface area contributed by atoms with Crippen molar-refractivity contribution < 1.29 is 0 Å². The Hall–Kier alpha value is -1.27. The average molecular weight is 293 g/mol.